The van der Waals surface area contributed by atoms with Crippen molar-refractivity contribution in [3.05, 3.63) is 101 Å². The molecule has 172 valence electrons. The first-order valence-corrected chi connectivity index (χ1v) is 11.0. The number of anilines is 1. The van der Waals surface area contributed by atoms with Crippen LogP contribution in [0.25, 0.3) is 5.65 Å². The van der Waals surface area contributed by atoms with Crippen LogP contribution in [-0.4, -0.2) is 27.7 Å². The van der Waals surface area contributed by atoms with Crippen LogP contribution in [-0.2, 0) is 6.42 Å². The van der Waals surface area contributed by atoms with E-state index in [1.165, 1.54) is 46.0 Å². The summed E-state index contributed by atoms with van der Waals surface area (Å²) in [5.41, 5.74) is 3.03. The molecule has 2 unspecified atom stereocenters. The van der Waals surface area contributed by atoms with Crippen molar-refractivity contribution < 1.29 is 18.4 Å². The lowest BCUT2D eigenvalue weighted by atomic mass is 9.94. The van der Waals surface area contributed by atoms with Crippen molar-refractivity contribution in [3.63, 3.8) is 0 Å². The van der Waals surface area contributed by atoms with E-state index >= 15 is 0 Å². The molecule has 2 aromatic carbocycles. The molecule has 0 saturated carbocycles. The van der Waals surface area contributed by atoms with Gasteiger partial charge in [0.05, 0.1) is 11.9 Å². The summed E-state index contributed by atoms with van der Waals surface area (Å²) in [6.07, 6.45) is 3.37. The molecule has 2 heterocycles. The number of fused-ring (bicyclic) bond motifs is 2. The average molecular weight is 460 g/mol. The maximum atomic E-state index is 14.4. The third kappa shape index (κ3) is 4.03. The number of halogens is 2. The number of imidazole rings is 1. The molecule has 2 atom stereocenters. The molecule has 0 spiro atoms. The van der Waals surface area contributed by atoms with E-state index in [4.69, 9.17) is 0 Å². The molecule has 0 fully saturated rings. The molecule has 2 N–H and O–H groups in total. The fraction of sp³-hybridized carbons (Fsp3) is 0.192. The highest BCUT2D eigenvalue weighted by Gasteiger charge is 2.29. The van der Waals surface area contributed by atoms with E-state index in [2.05, 4.69) is 34.7 Å². The number of amides is 2. The van der Waals surface area contributed by atoms with E-state index < -0.39 is 17.5 Å². The number of aromatic nitrogens is 2. The highest BCUT2D eigenvalue weighted by molar-refractivity contribution is 6.04. The molecule has 8 heteroatoms. The summed E-state index contributed by atoms with van der Waals surface area (Å²) in [4.78, 5) is 29.6. The lowest BCUT2D eigenvalue weighted by molar-refractivity contribution is 0.0947. The predicted molar refractivity (Wildman–Crippen MR) is 124 cm³/mol. The summed E-state index contributed by atoms with van der Waals surface area (Å²) < 4.78 is 29.3. The molecule has 2 amide bonds. The molecular formula is C26H22F2N4O2. The van der Waals surface area contributed by atoms with Crippen LogP contribution in [0.2, 0.25) is 0 Å². The van der Waals surface area contributed by atoms with Crippen LogP contribution in [0.1, 0.15) is 44.8 Å². The molecule has 6 nitrogen and oxygen atoms in total. The van der Waals surface area contributed by atoms with E-state index in [1.54, 1.807) is 0 Å². The molecule has 4 aromatic rings. The molecule has 1 aliphatic carbocycles. The summed E-state index contributed by atoms with van der Waals surface area (Å²) in [5.74, 6) is -1.66. The number of hydrogen-bond donors (Lipinski definition) is 2. The van der Waals surface area contributed by atoms with Crippen LogP contribution in [0.4, 0.5) is 14.5 Å². The van der Waals surface area contributed by atoms with Crippen molar-refractivity contribution in [3.8, 4) is 0 Å². The van der Waals surface area contributed by atoms with Gasteiger partial charge in [0.15, 0.2) is 0 Å². The standard InChI is InChI=1S/C26H22F2N4O2/c1-15-10-16-4-2-3-5-19(16)20(15)12-30-25(33)17-6-8-21(28)22(11-17)31-26(34)23-13-29-24-9-7-18(27)14-32(23)24/h2-9,11,13-15,20H,10,12H2,1H3,(H,30,33)(H,31,34). The minimum absolute atomic E-state index is 0.0395. The first-order chi connectivity index (χ1) is 16.4. The molecule has 2 aromatic heterocycles. The van der Waals surface area contributed by atoms with Gasteiger partial charge in [-0.1, -0.05) is 31.2 Å². The zero-order valence-corrected chi connectivity index (χ0v) is 18.4. The number of carbonyl (C=O) groups is 2. The molecule has 0 aliphatic heterocycles. The molecule has 0 radical (unpaired) electrons. The molecule has 5 rings (SSSR count). The number of nitrogens with zero attached hydrogens (tertiary/aromatic N) is 2. The Morgan fingerprint density at radius 3 is 2.76 bits per heavy atom. The van der Waals surface area contributed by atoms with E-state index in [-0.39, 0.29) is 28.8 Å². The second kappa shape index (κ2) is 8.70. The normalized spacial score (nSPS) is 16.9. The van der Waals surface area contributed by atoms with Crippen LogP contribution in [0.5, 0.6) is 0 Å². The smallest absolute Gasteiger partial charge is 0.274 e. The minimum Gasteiger partial charge on any atom is -0.351 e. The van der Waals surface area contributed by atoms with E-state index in [9.17, 15) is 18.4 Å². The number of carbonyl (C=O) groups excluding carboxylic acids is 2. The highest BCUT2D eigenvalue weighted by Crippen LogP contribution is 2.37. The van der Waals surface area contributed by atoms with Crippen LogP contribution >= 0.6 is 0 Å². The van der Waals surface area contributed by atoms with Gasteiger partial charge in [0.25, 0.3) is 11.8 Å². The maximum absolute atomic E-state index is 14.4. The Labute approximate surface area is 194 Å². The number of benzene rings is 2. The van der Waals surface area contributed by atoms with Gasteiger partial charge in [0.2, 0.25) is 0 Å². The van der Waals surface area contributed by atoms with Crippen molar-refractivity contribution in [1.82, 2.24) is 14.7 Å². The molecule has 0 bridgehead atoms. The summed E-state index contributed by atoms with van der Waals surface area (Å²) >= 11 is 0. The van der Waals surface area contributed by atoms with E-state index in [0.717, 1.165) is 18.7 Å². The second-order valence-corrected chi connectivity index (χ2v) is 8.56. The van der Waals surface area contributed by atoms with Crippen molar-refractivity contribution in [1.29, 1.82) is 0 Å². The van der Waals surface area contributed by atoms with Gasteiger partial charge in [0, 0.05) is 24.2 Å². The Bertz CT molecular complexity index is 1420. The topological polar surface area (TPSA) is 75.5 Å². The van der Waals surface area contributed by atoms with E-state index in [0.29, 0.717) is 18.1 Å². The zero-order valence-electron chi connectivity index (χ0n) is 18.4. The average Bonchev–Trinajstić information content (AvgIpc) is 3.38. The Balaban J connectivity index is 1.31. The fourth-order valence-electron chi connectivity index (χ4n) is 4.56. The van der Waals surface area contributed by atoms with Crippen LogP contribution in [0.3, 0.4) is 0 Å². The molecule has 0 saturated heterocycles. The quantitative estimate of drug-likeness (QED) is 0.458. The van der Waals surface area contributed by atoms with Gasteiger partial charge in [-0.3, -0.25) is 14.0 Å². The fourth-order valence-corrected chi connectivity index (χ4v) is 4.56. The van der Waals surface area contributed by atoms with Gasteiger partial charge in [0.1, 0.15) is 23.0 Å². The lowest BCUT2D eigenvalue weighted by Gasteiger charge is -2.18. The summed E-state index contributed by atoms with van der Waals surface area (Å²) in [6.45, 7) is 2.62. The van der Waals surface area contributed by atoms with Gasteiger partial charge in [-0.2, -0.15) is 0 Å². The van der Waals surface area contributed by atoms with Crippen LogP contribution < -0.4 is 10.6 Å². The van der Waals surface area contributed by atoms with Crippen LogP contribution in [0.15, 0.2) is 67.0 Å². The van der Waals surface area contributed by atoms with Gasteiger partial charge < -0.3 is 10.6 Å². The van der Waals surface area contributed by atoms with Gasteiger partial charge in [-0.05, 0) is 53.8 Å². The first kappa shape index (κ1) is 21.8. The second-order valence-electron chi connectivity index (χ2n) is 8.56. The third-order valence-corrected chi connectivity index (χ3v) is 6.34. The monoisotopic (exact) mass is 460 g/mol. The molecule has 34 heavy (non-hydrogen) atoms. The SMILES string of the molecule is CC1Cc2ccccc2C1CNC(=O)c1ccc(F)c(NC(=O)c2cnc3ccc(F)cn23)c1. The van der Waals surface area contributed by atoms with Gasteiger partial charge >= 0.3 is 0 Å². The van der Waals surface area contributed by atoms with Crippen molar-refractivity contribution in [2.75, 3.05) is 11.9 Å². The third-order valence-electron chi connectivity index (χ3n) is 6.34. The number of hydrogen-bond acceptors (Lipinski definition) is 3. The summed E-state index contributed by atoms with van der Waals surface area (Å²) in [7, 11) is 0. The summed E-state index contributed by atoms with van der Waals surface area (Å²) in [6, 6.07) is 14.7. The number of nitrogens with one attached hydrogen (secondary N) is 2. The Morgan fingerprint density at radius 1 is 1.09 bits per heavy atom. The van der Waals surface area contributed by atoms with Gasteiger partial charge in [-0.15, -0.1) is 0 Å². The van der Waals surface area contributed by atoms with E-state index in [1.807, 2.05) is 12.1 Å². The zero-order chi connectivity index (χ0) is 23.8. The first-order valence-electron chi connectivity index (χ1n) is 11.0. The van der Waals surface area contributed by atoms with Crippen molar-refractivity contribution in [2.45, 2.75) is 19.3 Å². The largest absolute Gasteiger partial charge is 0.351 e. The maximum Gasteiger partial charge on any atom is 0.274 e. The molecular weight excluding hydrogens is 438 g/mol. The lowest BCUT2D eigenvalue weighted by Crippen LogP contribution is -2.29. The molecule has 1 aliphatic rings. The Hall–Kier alpha value is -4.07. The number of rotatable bonds is 5. The summed E-state index contributed by atoms with van der Waals surface area (Å²) in [5, 5.41) is 5.40. The highest BCUT2D eigenvalue weighted by atomic mass is 19.1. The van der Waals surface area contributed by atoms with Crippen molar-refractivity contribution in [2.24, 2.45) is 5.92 Å². The van der Waals surface area contributed by atoms with Crippen LogP contribution in [0, 0.1) is 17.6 Å². The van der Waals surface area contributed by atoms with Crippen molar-refractivity contribution >= 4 is 23.1 Å². The Morgan fingerprint density at radius 2 is 1.91 bits per heavy atom. The predicted octanol–water partition coefficient (Wildman–Crippen LogP) is 4.57. The minimum atomic E-state index is -0.691. The Kier molecular flexibility index (Phi) is 5.57. The van der Waals surface area contributed by atoms with Gasteiger partial charge in [-0.25, -0.2) is 13.8 Å². The number of pyridine rings is 1.